The van der Waals surface area contributed by atoms with Crippen LogP contribution in [0, 0.1) is 0 Å². The first-order valence-electron chi connectivity index (χ1n) is 5.18. The van der Waals surface area contributed by atoms with Gasteiger partial charge in [-0.3, -0.25) is 9.59 Å². The lowest BCUT2D eigenvalue weighted by Gasteiger charge is -2.02. The lowest BCUT2D eigenvalue weighted by atomic mass is 10.2. The van der Waals surface area contributed by atoms with E-state index < -0.39 is 24.1 Å². The molecular formula is C10H17N3O5. The number of carbonyl (C=O) groups is 2. The minimum Gasteiger partial charge on any atom is -0.481 e. The second-order valence-corrected chi connectivity index (χ2v) is 3.67. The van der Waals surface area contributed by atoms with Crippen molar-refractivity contribution < 1.29 is 24.9 Å². The minimum absolute atomic E-state index is 0.167. The highest BCUT2D eigenvalue weighted by Gasteiger charge is 2.12. The SMILES string of the molecule is CC(O)CC(=O)O.NC(Cc1cnc[nH]1)C(=O)O. The van der Waals surface area contributed by atoms with Gasteiger partial charge >= 0.3 is 11.9 Å². The summed E-state index contributed by atoms with van der Waals surface area (Å²) in [6.07, 6.45) is 2.44. The third kappa shape index (κ3) is 8.25. The summed E-state index contributed by atoms with van der Waals surface area (Å²) in [5.41, 5.74) is 6.00. The van der Waals surface area contributed by atoms with Gasteiger partial charge in [0.15, 0.2) is 0 Å². The number of nitrogens with one attached hydrogen (secondary N) is 1. The van der Waals surface area contributed by atoms with Gasteiger partial charge in [0.05, 0.1) is 18.9 Å². The molecule has 1 rings (SSSR count). The molecule has 0 bridgehead atoms. The summed E-state index contributed by atoms with van der Waals surface area (Å²) in [7, 11) is 0. The summed E-state index contributed by atoms with van der Waals surface area (Å²) < 4.78 is 0. The van der Waals surface area contributed by atoms with Gasteiger partial charge < -0.3 is 26.0 Å². The van der Waals surface area contributed by atoms with E-state index in [1.165, 1.54) is 13.3 Å². The first kappa shape index (κ1) is 16.1. The molecule has 0 saturated carbocycles. The molecule has 2 unspecified atom stereocenters. The van der Waals surface area contributed by atoms with Gasteiger partial charge in [0.1, 0.15) is 6.04 Å². The first-order valence-corrected chi connectivity index (χ1v) is 5.18. The van der Waals surface area contributed by atoms with E-state index in [2.05, 4.69) is 9.97 Å². The van der Waals surface area contributed by atoms with E-state index in [-0.39, 0.29) is 12.8 Å². The predicted octanol–water partition coefficient (Wildman–Crippen LogP) is -0.794. The number of aromatic amines is 1. The third-order valence-corrected chi connectivity index (χ3v) is 1.78. The van der Waals surface area contributed by atoms with Crippen LogP contribution in [0.25, 0.3) is 0 Å². The molecule has 0 aliphatic heterocycles. The first-order chi connectivity index (χ1) is 8.32. The van der Waals surface area contributed by atoms with Crippen LogP contribution in [0.15, 0.2) is 12.5 Å². The Balaban J connectivity index is 0.000000360. The number of aliphatic carboxylic acids is 2. The molecule has 6 N–H and O–H groups in total. The molecule has 0 spiro atoms. The predicted molar refractivity (Wildman–Crippen MR) is 61.8 cm³/mol. The zero-order valence-electron chi connectivity index (χ0n) is 9.91. The van der Waals surface area contributed by atoms with E-state index in [0.717, 1.165) is 5.69 Å². The molecule has 1 heterocycles. The van der Waals surface area contributed by atoms with Gasteiger partial charge in [-0.1, -0.05) is 0 Å². The van der Waals surface area contributed by atoms with Crippen LogP contribution < -0.4 is 5.73 Å². The highest BCUT2D eigenvalue weighted by atomic mass is 16.4. The van der Waals surface area contributed by atoms with Crippen LogP contribution in [0.3, 0.4) is 0 Å². The van der Waals surface area contributed by atoms with Crippen LogP contribution in [0.4, 0.5) is 0 Å². The maximum Gasteiger partial charge on any atom is 0.320 e. The molecule has 0 aliphatic carbocycles. The summed E-state index contributed by atoms with van der Waals surface area (Å²) in [5, 5.41) is 24.7. The van der Waals surface area contributed by atoms with Gasteiger partial charge in [0, 0.05) is 18.3 Å². The quantitative estimate of drug-likeness (QED) is 0.464. The highest BCUT2D eigenvalue weighted by Crippen LogP contribution is 1.95. The minimum atomic E-state index is -1.00. The molecule has 0 aliphatic rings. The number of aliphatic hydroxyl groups excluding tert-OH is 1. The van der Waals surface area contributed by atoms with Gasteiger partial charge in [-0.2, -0.15) is 0 Å². The number of rotatable bonds is 5. The normalized spacial score (nSPS) is 13.1. The Morgan fingerprint density at radius 3 is 2.39 bits per heavy atom. The fourth-order valence-electron chi connectivity index (χ4n) is 0.973. The summed E-state index contributed by atoms with van der Waals surface area (Å²) in [6.45, 7) is 1.44. The summed E-state index contributed by atoms with van der Waals surface area (Å²) in [6, 6.07) is -0.851. The Hall–Kier alpha value is -1.93. The van der Waals surface area contributed by atoms with E-state index in [4.69, 9.17) is 21.1 Å². The van der Waals surface area contributed by atoms with Crippen molar-refractivity contribution in [3.05, 3.63) is 18.2 Å². The van der Waals surface area contributed by atoms with Crippen LogP contribution in [0.1, 0.15) is 19.0 Å². The number of nitrogens with zero attached hydrogens (tertiary/aromatic N) is 1. The van der Waals surface area contributed by atoms with E-state index in [1.54, 1.807) is 6.20 Å². The maximum absolute atomic E-state index is 10.3. The molecular weight excluding hydrogens is 242 g/mol. The van der Waals surface area contributed by atoms with Crippen LogP contribution in [-0.2, 0) is 16.0 Å². The number of aliphatic hydroxyl groups is 1. The third-order valence-electron chi connectivity index (χ3n) is 1.78. The zero-order chi connectivity index (χ0) is 14.1. The van der Waals surface area contributed by atoms with E-state index in [9.17, 15) is 9.59 Å². The fraction of sp³-hybridized carbons (Fsp3) is 0.500. The number of aromatic nitrogens is 2. The molecule has 8 nitrogen and oxygen atoms in total. The number of H-pyrrole nitrogens is 1. The molecule has 102 valence electrons. The number of hydrogen-bond donors (Lipinski definition) is 5. The van der Waals surface area contributed by atoms with E-state index >= 15 is 0 Å². The number of nitrogens with two attached hydrogens (primary N) is 1. The Bertz CT molecular complexity index is 364. The van der Waals surface area contributed by atoms with E-state index in [1.807, 2.05) is 0 Å². The maximum atomic E-state index is 10.3. The van der Waals surface area contributed by atoms with E-state index in [0.29, 0.717) is 0 Å². The largest absolute Gasteiger partial charge is 0.481 e. The molecule has 2 atom stereocenters. The Kier molecular flexibility index (Phi) is 7.32. The van der Waals surface area contributed by atoms with Gasteiger partial charge in [-0.05, 0) is 6.92 Å². The van der Waals surface area contributed by atoms with Gasteiger partial charge in [0.2, 0.25) is 0 Å². The standard InChI is InChI=1S/C6H9N3O2.C4H8O3/c7-5(6(10)11)1-4-2-8-3-9-4;1-3(5)2-4(6)7/h2-3,5H,1,7H2,(H,8,9)(H,10,11);3,5H,2H2,1H3,(H,6,7). The lowest BCUT2D eigenvalue weighted by Crippen LogP contribution is -2.32. The fourth-order valence-corrected chi connectivity index (χ4v) is 0.973. The van der Waals surface area contributed by atoms with Crippen molar-refractivity contribution in [1.29, 1.82) is 0 Å². The summed E-state index contributed by atoms with van der Waals surface area (Å²) >= 11 is 0. The van der Waals surface area contributed by atoms with Crippen LogP contribution in [0.5, 0.6) is 0 Å². The smallest absolute Gasteiger partial charge is 0.320 e. The molecule has 0 amide bonds. The molecule has 1 aromatic heterocycles. The van der Waals surface area contributed by atoms with Crippen molar-refractivity contribution in [3.63, 3.8) is 0 Å². The number of imidazole rings is 1. The average molecular weight is 259 g/mol. The summed E-state index contributed by atoms with van der Waals surface area (Å²) in [5.74, 6) is -1.96. The van der Waals surface area contributed by atoms with Crippen molar-refractivity contribution in [1.82, 2.24) is 9.97 Å². The number of hydrogen-bond acceptors (Lipinski definition) is 5. The second-order valence-electron chi connectivity index (χ2n) is 3.67. The molecule has 8 heteroatoms. The zero-order valence-corrected chi connectivity index (χ0v) is 9.91. The van der Waals surface area contributed by atoms with Crippen molar-refractivity contribution in [2.45, 2.75) is 31.9 Å². The Morgan fingerprint density at radius 2 is 2.11 bits per heavy atom. The summed E-state index contributed by atoms with van der Waals surface area (Å²) in [4.78, 5) is 26.4. The van der Waals surface area contributed by atoms with Gasteiger partial charge in [-0.15, -0.1) is 0 Å². The number of carboxylic acid groups (broad SMARTS) is 2. The van der Waals surface area contributed by atoms with Crippen molar-refractivity contribution >= 4 is 11.9 Å². The van der Waals surface area contributed by atoms with Crippen LogP contribution >= 0.6 is 0 Å². The highest BCUT2D eigenvalue weighted by molar-refractivity contribution is 5.73. The van der Waals surface area contributed by atoms with Crippen LogP contribution in [-0.4, -0.2) is 49.4 Å². The van der Waals surface area contributed by atoms with Crippen LogP contribution in [0.2, 0.25) is 0 Å². The Morgan fingerprint density at radius 1 is 1.50 bits per heavy atom. The second kappa shape index (κ2) is 8.20. The Labute approximate surface area is 103 Å². The molecule has 18 heavy (non-hydrogen) atoms. The topological polar surface area (TPSA) is 150 Å². The van der Waals surface area contributed by atoms with Gasteiger partial charge in [0.25, 0.3) is 0 Å². The van der Waals surface area contributed by atoms with Crippen molar-refractivity contribution in [3.8, 4) is 0 Å². The lowest BCUT2D eigenvalue weighted by molar-refractivity contribution is -0.139. The number of carboxylic acids is 2. The monoisotopic (exact) mass is 259 g/mol. The molecule has 0 saturated heterocycles. The molecule has 0 aromatic carbocycles. The van der Waals surface area contributed by atoms with Gasteiger partial charge in [-0.25, -0.2) is 4.98 Å². The average Bonchev–Trinajstić information content (AvgIpc) is 2.68. The van der Waals surface area contributed by atoms with Crippen molar-refractivity contribution in [2.75, 3.05) is 0 Å². The molecule has 1 aromatic rings. The molecule has 0 fully saturated rings. The molecule has 0 radical (unpaired) electrons. The van der Waals surface area contributed by atoms with Crippen molar-refractivity contribution in [2.24, 2.45) is 5.73 Å².